The molecule has 154 valence electrons. The minimum absolute atomic E-state index is 0.0412. The molecule has 1 aliphatic heterocycles. The number of benzene rings is 1. The number of cyclic esters (lactones) is 1. The van der Waals surface area contributed by atoms with Gasteiger partial charge in [0.05, 0.1) is 20.8 Å². The largest absolute Gasteiger partial charge is 0.493 e. The van der Waals surface area contributed by atoms with Gasteiger partial charge < -0.3 is 24.1 Å². The maximum absolute atomic E-state index is 12.9. The van der Waals surface area contributed by atoms with Crippen LogP contribution in [0.3, 0.4) is 0 Å². The summed E-state index contributed by atoms with van der Waals surface area (Å²) in [6, 6.07) is 6.59. The summed E-state index contributed by atoms with van der Waals surface area (Å²) in [5, 5.41) is 2.60. The Morgan fingerprint density at radius 2 is 1.97 bits per heavy atom. The van der Waals surface area contributed by atoms with Crippen molar-refractivity contribution in [1.82, 2.24) is 9.88 Å². The van der Waals surface area contributed by atoms with E-state index in [4.69, 9.17) is 14.2 Å². The van der Waals surface area contributed by atoms with Crippen LogP contribution in [0.5, 0.6) is 11.5 Å². The van der Waals surface area contributed by atoms with Crippen LogP contribution < -0.4 is 20.3 Å². The molecule has 2 aromatic rings. The molecule has 29 heavy (non-hydrogen) atoms. The van der Waals surface area contributed by atoms with E-state index in [2.05, 4.69) is 5.32 Å². The highest BCUT2D eigenvalue weighted by atomic mass is 16.5. The highest BCUT2D eigenvalue weighted by Crippen LogP contribution is 2.27. The van der Waals surface area contributed by atoms with Crippen LogP contribution in [-0.2, 0) is 22.5 Å². The van der Waals surface area contributed by atoms with Crippen molar-refractivity contribution in [2.75, 3.05) is 20.8 Å². The zero-order valence-electron chi connectivity index (χ0n) is 16.7. The van der Waals surface area contributed by atoms with Gasteiger partial charge in [-0.3, -0.25) is 9.59 Å². The van der Waals surface area contributed by atoms with E-state index in [0.29, 0.717) is 36.4 Å². The van der Waals surface area contributed by atoms with Gasteiger partial charge in [0.1, 0.15) is 11.6 Å². The van der Waals surface area contributed by atoms with Crippen molar-refractivity contribution in [2.24, 2.45) is 0 Å². The Morgan fingerprint density at radius 3 is 2.62 bits per heavy atom. The van der Waals surface area contributed by atoms with Crippen LogP contribution in [0.1, 0.15) is 27.9 Å². The maximum Gasteiger partial charge on any atom is 0.328 e. The van der Waals surface area contributed by atoms with E-state index in [1.807, 2.05) is 18.2 Å². The number of ether oxygens (including phenoxy) is 3. The Kier molecular flexibility index (Phi) is 6.21. The lowest BCUT2D eigenvalue weighted by Crippen LogP contribution is -2.41. The van der Waals surface area contributed by atoms with Crippen LogP contribution >= 0.6 is 0 Å². The van der Waals surface area contributed by atoms with Gasteiger partial charge in [0.2, 0.25) is 0 Å². The van der Waals surface area contributed by atoms with E-state index in [-0.39, 0.29) is 12.2 Å². The molecule has 1 N–H and O–H groups in total. The number of carbonyl (C=O) groups excluding carboxylic acids is 2. The summed E-state index contributed by atoms with van der Waals surface area (Å²) in [7, 11) is 3.14. The maximum atomic E-state index is 12.9. The number of esters is 1. The van der Waals surface area contributed by atoms with Crippen LogP contribution in [0.4, 0.5) is 0 Å². The third-order valence-electron chi connectivity index (χ3n) is 4.93. The number of pyridine rings is 1. The van der Waals surface area contributed by atoms with E-state index in [1.54, 1.807) is 33.4 Å². The fraction of sp³-hybridized carbons (Fsp3) is 0.381. The van der Waals surface area contributed by atoms with Gasteiger partial charge in [-0.05, 0) is 42.7 Å². The van der Waals surface area contributed by atoms with Gasteiger partial charge >= 0.3 is 5.97 Å². The lowest BCUT2D eigenvalue weighted by Gasteiger charge is -2.13. The van der Waals surface area contributed by atoms with Crippen molar-refractivity contribution in [3.05, 3.63) is 57.5 Å². The second-order valence-corrected chi connectivity index (χ2v) is 6.79. The Morgan fingerprint density at radius 1 is 1.21 bits per heavy atom. The summed E-state index contributed by atoms with van der Waals surface area (Å²) in [4.78, 5) is 37.1. The van der Waals surface area contributed by atoms with Gasteiger partial charge in [-0.2, -0.15) is 0 Å². The molecule has 0 aliphatic carbocycles. The molecule has 0 saturated carbocycles. The normalized spacial score (nSPS) is 15.7. The number of nitrogens with one attached hydrogen (secondary N) is 1. The van der Waals surface area contributed by atoms with Gasteiger partial charge in [0.25, 0.3) is 11.5 Å². The second-order valence-electron chi connectivity index (χ2n) is 6.79. The number of rotatable bonds is 7. The molecule has 1 aromatic heterocycles. The van der Waals surface area contributed by atoms with E-state index < -0.39 is 23.5 Å². The molecule has 8 heteroatoms. The molecule has 0 bridgehead atoms. The summed E-state index contributed by atoms with van der Waals surface area (Å²) < 4.78 is 16.9. The monoisotopic (exact) mass is 400 g/mol. The van der Waals surface area contributed by atoms with E-state index >= 15 is 0 Å². The van der Waals surface area contributed by atoms with Crippen LogP contribution in [0, 0.1) is 6.92 Å². The molecule has 1 unspecified atom stereocenters. The Balaban J connectivity index is 1.77. The number of hydrogen-bond donors (Lipinski definition) is 1. The van der Waals surface area contributed by atoms with Gasteiger partial charge in [0.15, 0.2) is 11.5 Å². The summed E-state index contributed by atoms with van der Waals surface area (Å²) in [5.41, 5.74) is 1.17. The molecule has 1 aliphatic rings. The zero-order chi connectivity index (χ0) is 21.0. The molecule has 0 radical (unpaired) electrons. The smallest absolute Gasteiger partial charge is 0.328 e. The number of aromatic nitrogens is 1. The van der Waals surface area contributed by atoms with Crippen molar-refractivity contribution >= 4 is 11.9 Å². The number of hydrogen-bond acceptors (Lipinski definition) is 6. The third kappa shape index (κ3) is 4.42. The van der Waals surface area contributed by atoms with Crippen molar-refractivity contribution in [3.63, 3.8) is 0 Å². The summed E-state index contributed by atoms with van der Waals surface area (Å²) >= 11 is 0. The first-order valence-electron chi connectivity index (χ1n) is 9.33. The average molecular weight is 400 g/mol. The molecule has 1 atom stereocenters. The lowest BCUT2D eigenvalue weighted by atomic mass is 10.1. The molecule has 1 aromatic carbocycles. The first-order valence-corrected chi connectivity index (χ1v) is 9.33. The van der Waals surface area contributed by atoms with Crippen molar-refractivity contribution in [3.8, 4) is 11.5 Å². The van der Waals surface area contributed by atoms with E-state index in [9.17, 15) is 14.4 Å². The highest BCUT2D eigenvalue weighted by molar-refractivity contribution is 5.97. The third-order valence-corrected chi connectivity index (χ3v) is 4.93. The first kappa shape index (κ1) is 20.4. The predicted molar refractivity (Wildman–Crippen MR) is 106 cm³/mol. The molecule has 3 rings (SSSR count). The lowest BCUT2D eigenvalue weighted by molar-refractivity contribution is -0.139. The number of methoxy groups -OCH3 is 2. The summed E-state index contributed by atoms with van der Waals surface area (Å²) in [6.45, 7) is 2.36. The van der Waals surface area contributed by atoms with Crippen molar-refractivity contribution in [2.45, 2.75) is 32.4 Å². The number of carbonyl (C=O) groups is 2. The van der Waals surface area contributed by atoms with Crippen LogP contribution in [0.25, 0.3) is 0 Å². The van der Waals surface area contributed by atoms with E-state index in [1.165, 1.54) is 4.57 Å². The Labute approximate surface area is 168 Å². The zero-order valence-corrected chi connectivity index (χ0v) is 16.7. The van der Waals surface area contributed by atoms with Crippen LogP contribution in [0.15, 0.2) is 35.3 Å². The molecule has 1 amide bonds. The molecular formula is C21H24N2O6. The number of amides is 1. The topological polar surface area (TPSA) is 95.9 Å². The van der Waals surface area contributed by atoms with Crippen LogP contribution in [0.2, 0.25) is 0 Å². The Hall–Kier alpha value is -3.29. The molecule has 0 spiro atoms. The summed E-state index contributed by atoms with van der Waals surface area (Å²) in [6.07, 6.45) is 2.64. The fourth-order valence-electron chi connectivity index (χ4n) is 3.26. The standard InChI is InChI=1S/C21H24N2O6/c1-13-6-9-23(10-7-14-4-5-16(27-2)17(12-14)28-3)20(25)18(13)19(24)22-15-8-11-29-21(15)26/h4-6,9,12,15H,7-8,10-11H2,1-3H3,(H,22,24). The summed E-state index contributed by atoms with van der Waals surface area (Å²) in [5.74, 6) is 0.218. The van der Waals surface area contributed by atoms with Crippen molar-refractivity contribution in [1.29, 1.82) is 0 Å². The van der Waals surface area contributed by atoms with Gasteiger partial charge in [-0.15, -0.1) is 0 Å². The molecular weight excluding hydrogens is 376 g/mol. The van der Waals surface area contributed by atoms with Crippen LogP contribution in [-0.4, -0.2) is 43.3 Å². The molecule has 2 heterocycles. The first-order chi connectivity index (χ1) is 13.9. The fourth-order valence-corrected chi connectivity index (χ4v) is 3.26. The minimum Gasteiger partial charge on any atom is -0.493 e. The predicted octanol–water partition coefficient (Wildman–Crippen LogP) is 1.46. The minimum atomic E-state index is -0.707. The molecule has 1 saturated heterocycles. The second kappa shape index (κ2) is 8.81. The van der Waals surface area contributed by atoms with Gasteiger partial charge in [0, 0.05) is 19.2 Å². The van der Waals surface area contributed by atoms with Gasteiger partial charge in [-0.25, -0.2) is 4.79 Å². The highest BCUT2D eigenvalue weighted by Gasteiger charge is 2.29. The average Bonchev–Trinajstić information content (AvgIpc) is 3.11. The molecule has 8 nitrogen and oxygen atoms in total. The quantitative estimate of drug-likeness (QED) is 0.707. The van der Waals surface area contributed by atoms with Crippen molar-refractivity contribution < 1.29 is 23.8 Å². The SMILES string of the molecule is COc1ccc(CCn2ccc(C)c(C(=O)NC3CCOC3=O)c2=O)cc1OC. The molecule has 1 fully saturated rings. The number of aryl methyl sites for hydroxylation is 3. The van der Waals surface area contributed by atoms with Gasteiger partial charge in [-0.1, -0.05) is 6.07 Å². The Bertz CT molecular complexity index is 982. The number of nitrogens with zero attached hydrogens (tertiary/aromatic N) is 1. The van der Waals surface area contributed by atoms with E-state index in [0.717, 1.165) is 5.56 Å².